The van der Waals surface area contributed by atoms with Crippen LogP contribution in [0.3, 0.4) is 0 Å². The fourth-order valence-electron chi connectivity index (χ4n) is 4.46. The fraction of sp³-hybridized carbons (Fsp3) is 0.318. The van der Waals surface area contributed by atoms with Crippen LogP contribution in [0.1, 0.15) is 36.4 Å². The third kappa shape index (κ3) is 3.25. The van der Waals surface area contributed by atoms with Gasteiger partial charge in [-0.1, -0.05) is 25.1 Å². The molecule has 5 nitrogen and oxygen atoms in total. The van der Waals surface area contributed by atoms with E-state index in [1.54, 1.807) is 25.1 Å². The zero-order chi connectivity index (χ0) is 22.6. The number of H-pyrrole nitrogens is 1. The molecule has 0 saturated carbocycles. The van der Waals surface area contributed by atoms with E-state index in [9.17, 15) is 28.2 Å². The monoisotopic (exact) mass is 452 g/mol. The highest BCUT2D eigenvalue weighted by molar-refractivity contribution is 6.22. The summed E-state index contributed by atoms with van der Waals surface area (Å²) in [7, 11) is 0. The first-order chi connectivity index (χ1) is 14.6. The minimum atomic E-state index is -5.06. The van der Waals surface area contributed by atoms with Gasteiger partial charge in [0.1, 0.15) is 5.75 Å². The zero-order valence-corrected chi connectivity index (χ0v) is 17.1. The molecule has 1 aliphatic rings. The third-order valence-electron chi connectivity index (χ3n) is 5.97. The van der Waals surface area contributed by atoms with Gasteiger partial charge < -0.3 is 20.5 Å². The Morgan fingerprint density at radius 2 is 1.87 bits per heavy atom. The second-order valence-electron chi connectivity index (χ2n) is 7.69. The van der Waals surface area contributed by atoms with E-state index >= 15 is 0 Å². The van der Waals surface area contributed by atoms with Crippen molar-refractivity contribution in [2.24, 2.45) is 0 Å². The molecular weight excluding hydrogens is 433 g/mol. The zero-order valence-electron chi connectivity index (χ0n) is 16.4. The van der Waals surface area contributed by atoms with E-state index in [1.807, 2.05) is 0 Å². The lowest BCUT2D eigenvalue weighted by Gasteiger charge is -2.48. The van der Waals surface area contributed by atoms with Gasteiger partial charge in [-0.3, -0.25) is 4.79 Å². The Labute approximate surface area is 180 Å². The van der Waals surface area contributed by atoms with E-state index in [0.29, 0.717) is 10.9 Å². The van der Waals surface area contributed by atoms with Crippen LogP contribution in [0.5, 0.6) is 5.75 Å². The van der Waals surface area contributed by atoms with Crippen molar-refractivity contribution in [3.05, 3.63) is 70.0 Å². The quantitative estimate of drug-likeness (QED) is 0.430. The SMILES string of the molecule is CC[C@H]1c2c(O)cccc2[C@H](Nc2cccc3[nH]c(=O)ccc23)[C@@](O)(C(F)(F)F)C1Cl. The second kappa shape index (κ2) is 7.46. The van der Waals surface area contributed by atoms with Crippen LogP contribution in [0.4, 0.5) is 18.9 Å². The van der Waals surface area contributed by atoms with Gasteiger partial charge in [0.05, 0.1) is 16.9 Å². The van der Waals surface area contributed by atoms with Crippen LogP contribution < -0.4 is 10.9 Å². The van der Waals surface area contributed by atoms with E-state index in [2.05, 4.69) is 10.3 Å². The summed E-state index contributed by atoms with van der Waals surface area (Å²) in [6, 6.07) is 10.1. The van der Waals surface area contributed by atoms with Crippen LogP contribution in [0.2, 0.25) is 0 Å². The number of phenolic OH excluding ortho intramolecular Hbond substituents is 1. The number of aliphatic hydroxyl groups is 1. The van der Waals surface area contributed by atoms with Crippen LogP contribution in [-0.4, -0.2) is 32.4 Å². The molecule has 1 aromatic heterocycles. The first-order valence-electron chi connectivity index (χ1n) is 9.73. The highest BCUT2D eigenvalue weighted by atomic mass is 35.5. The van der Waals surface area contributed by atoms with Crippen molar-refractivity contribution in [1.29, 1.82) is 0 Å². The maximum Gasteiger partial charge on any atom is 0.421 e. The number of nitrogens with one attached hydrogen (secondary N) is 2. The van der Waals surface area contributed by atoms with Gasteiger partial charge in [0.2, 0.25) is 11.2 Å². The minimum absolute atomic E-state index is 0.116. The summed E-state index contributed by atoms with van der Waals surface area (Å²) < 4.78 is 42.9. The van der Waals surface area contributed by atoms with E-state index in [0.717, 1.165) is 0 Å². The van der Waals surface area contributed by atoms with Crippen LogP contribution in [0.25, 0.3) is 10.9 Å². The van der Waals surface area contributed by atoms with Crippen LogP contribution >= 0.6 is 11.6 Å². The van der Waals surface area contributed by atoms with Gasteiger partial charge in [-0.2, -0.15) is 13.2 Å². The topological polar surface area (TPSA) is 85.4 Å². The van der Waals surface area contributed by atoms with Crippen LogP contribution in [0, 0.1) is 0 Å². The predicted molar refractivity (Wildman–Crippen MR) is 113 cm³/mol. The molecule has 2 aromatic carbocycles. The highest BCUT2D eigenvalue weighted by Gasteiger charge is 2.67. The molecule has 0 radical (unpaired) electrons. The summed E-state index contributed by atoms with van der Waals surface area (Å²) in [6.07, 6.45) is -4.87. The van der Waals surface area contributed by atoms with Gasteiger partial charge in [0, 0.05) is 28.6 Å². The highest BCUT2D eigenvalue weighted by Crippen LogP contribution is 2.56. The minimum Gasteiger partial charge on any atom is -0.508 e. The number of benzene rings is 2. The molecule has 0 bridgehead atoms. The van der Waals surface area contributed by atoms with E-state index < -0.39 is 29.1 Å². The molecule has 0 aliphatic heterocycles. The van der Waals surface area contributed by atoms with Crippen molar-refractivity contribution in [2.75, 3.05) is 5.32 Å². The largest absolute Gasteiger partial charge is 0.508 e. The maximum atomic E-state index is 14.3. The van der Waals surface area contributed by atoms with Crippen molar-refractivity contribution in [1.82, 2.24) is 4.98 Å². The number of hydrogen-bond acceptors (Lipinski definition) is 4. The van der Waals surface area contributed by atoms with Gasteiger partial charge >= 0.3 is 6.18 Å². The summed E-state index contributed by atoms with van der Waals surface area (Å²) in [5.74, 6) is -1.08. The Hall–Kier alpha value is -2.71. The Bertz CT molecular complexity index is 1200. The number of pyridine rings is 1. The van der Waals surface area contributed by atoms with Gasteiger partial charge in [-0.15, -0.1) is 11.6 Å². The molecule has 4 N–H and O–H groups in total. The number of aromatic amines is 1. The van der Waals surface area contributed by atoms with Crippen LogP contribution in [-0.2, 0) is 0 Å². The molecule has 1 unspecified atom stereocenters. The average Bonchev–Trinajstić information content (AvgIpc) is 2.71. The number of aromatic hydroxyl groups is 1. The molecule has 3 aromatic rings. The number of rotatable bonds is 3. The Morgan fingerprint density at radius 3 is 2.55 bits per heavy atom. The summed E-state index contributed by atoms with van der Waals surface area (Å²) in [4.78, 5) is 14.2. The van der Waals surface area contributed by atoms with Crippen molar-refractivity contribution in [2.45, 2.75) is 42.5 Å². The molecule has 4 atom stereocenters. The maximum absolute atomic E-state index is 14.3. The molecule has 31 heavy (non-hydrogen) atoms. The molecule has 0 spiro atoms. The molecule has 4 rings (SSSR count). The van der Waals surface area contributed by atoms with Crippen molar-refractivity contribution >= 4 is 28.2 Å². The lowest BCUT2D eigenvalue weighted by Crippen LogP contribution is -2.62. The lowest BCUT2D eigenvalue weighted by molar-refractivity contribution is -0.270. The van der Waals surface area contributed by atoms with E-state index in [4.69, 9.17) is 11.6 Å². The summed E-state index contributed by atoms with van der Waals surface area (Å²) in [5.41, 5.74) is -2.57. The van der Waals surface area contributed by atoms with Gasteiger partial charge in [-0.05, 0) is 36.2 Å². The Balaban J connectivity index is 1.96. The standard InChI is InChI=1S/C22H20ClF3N2O3/c1-2-11-18-13(5-3-8-16(18)29)20(21(31,19(11)23)22(24,25)26)28-15-7-4-6-14-12(15)9-10-17(30)27-14/h3-11,19-20,28-29,31H,2H2,1H3,(H,27,30)/t11-,19?,20-,21+/m0/s1. The van der Waals surface area contributed by atoms with Crippen LogP contribution in [0.15, 0.2) is 53.3 Å². The van der Waals surface area contributed by atoms with Crippen molar-refractivity contribution < 1.29 is 23.4 Å². The molecule has 1 heterocycles. The first kappa shape index (κ1) is 21.5. The summed E-state index contributed by atoms with van der Waals surface area (Å²) in [5, 5.41) is 23.1. The number of alkyl halides is 4. The molecule has 0 amide bonds. The van der Waals surface area contributed by atoms with Gasteiger partial charge in [-0.25, -0.2) is 0 Å². The molecule has 0 saturated heterocycles. The summed E-state index contributed by atoms with van der Waals surface area (Å²) in [6.45, 7) is 1.65. The molecule has 9 heteroatoms. The third-order valence-corrected chi connectivity index (χ3v) is 6.61. The summed E-state index contributed by atoms with van der Waals surface area (Å²) >= 11 is 6.31. The Kier molecular flexibility index (Phi) is 5.18. The Morgan fingerprint density at radius 1 is 1.16 bits per heavy atom. The number of halogens is 4. The van der Waals surface area contributed by atoms with E-state index in [1.165, 1.54) is 30.3 Å². The second-order valence-corrected chi connectivity index (χ2v) is 8.16. The van der Waals surface area contributed by atoms with Crippen molar-refractivity contribution in [3.8, 4) is 5.75 Å². The van der Waals surface area contributed by atoms with Crippen molar-refractivity contribution in [3.63, 3.8) is 0 Å². The number of hydrogen-bond donors (Lipinski definition) is 4. The molecular formula is C22H20ClF3N2O3. The molecule has 1 aliphatic carbocycles. The number of aromatic nitrogens is 1. The van der Waals surface area contributed by atoms with Gasteiger partial charge in [0.15, 0.2) is 0 Å². The molecule has 0 fully saturated rings. The smallest absolute Gasteiger partial charge is 0.421 e. The average molecular weight is 453 g/mol. The number of phenols is 1. The van der Waals surface area contributed by atoms with Gasteiger partial charge in [0.25, 0.3) is 0 Å². The number of fused-ring (bicyclic) bond motifs is 2. The molecule has 164 valence electrons. The number of anilines is 1. The fourth-order valence-corrected chi connectivity index (χ4v) is 5.02. The van der Waals surface area contributed by atoms with E-state index in [-0.39, 0.29) is 34.5 Å². The first-order valence-corrected chi connectivity index (χ1v) is 10.2. The lowest BCUT2D eigenvalue weighted by atomic mass is 9.68. The predicted octanol–water partition coefficient (Wildman–Crippen LogP) is 4.79. The normalized spacial score (nSPS) is 25.9.